The minimum Gasteiger partial charge on any atom is -0.394 e. The first-order valence-electron chi connectivity index (χ1n) is 17.8. The van der Waals surface area contributed by atoms with Gasteiger partial charge in [-0.2, -0.15) is 0 Å². The van der Waals surface area contributed by atoms with Crippen molar-refractivity contribution < 1.29 is 44.8 Å². The van der Waals surface area contributed by atoms with E-state index in [1.54, 1.807) is 0 Å². The lowest BCUT2D eigenvalue weighted by Gasteiger charge is -2.71. The molecule has 6 fully saturated rings. The van der Waals surface area contributed by atoms with Crippen LogP contribution in [-0.4, -0.2) is 97.5 Å². The molecule has 0 aromatic heterocycles. The van der Waals surface area contributed by atoms with Crippen LogP contribution in [0.15, 0.2) is 0 Å². The fourth-order valence-corrected chi connectivity index (χ4v) is 12.8. The Labute approximate surface area is 270 Å². The van der Waals surface area contributed by atoms with Gasteiger partial charge in [-0.25, -0.2) is 0 Å². The second kappa shape index (κ2) is 11.1. The predicted octanol–water partition coefficient (Wildman–Crippen LogP) is 3.54. The molecule has 6 N–H and O–H groups in total. The summed E-state index contributed by atoms with van der Waals surface area (Å²) in [5.74, 6) is 1.10. The van der Waals surface area contributed by atoms with E-state index >= 15 is 0 Å². The van der Waals surface area contributed by atoms with E-state index < -0.39 is 49.0 Å². The van der Waals surface area contributed by atoms with Crippen molar-refractivity contribution in [2.75, 3.05) is 6.61 Å². The molecule has 260 valence electrons. The molecule has 0 unspecified atom stereocenters. The van der Waals surface area contributed by atoms with E-state index in [0.717, 1.165) is 51.4 Å². The average molecular weight is 639 g/mol. The van der Waals surface area contributed by atoms with E-state index in [1.165, 1.54) is 0 Å². The predicted molar refractivity (Wildman–Crippen MR) is 168 cm³/mol. The van der Waals surface area contributed by atoms with E-state index in [0.29, 0.717) is 18.3 Å². The number of fused-ring (bicyclic) bond motifs is 5. The van der Waals surface area contributed by atoms with Crippen LogP contribution >= 0.6 is 0 Å². The summed E-state index contributed by atoms with van der Waals surface area (Å²) in [7, 11) is 0. The van der Waals surface area contributed by atoms with Crippen molar-refractivity contribution in [2.45, 2.75) is 173 Å². The first-order valence-corrected chi connectivity index (χ1v) is 17.8. The zero-order chi connectivity index (χ0) is 33.1. The third-order valence-electron chi connectivity index (χ3n) is 15.3. The van der Waals surface area contributed by atoms with Gasteiger partial charge in [0.1, 0.15) is 24.4 Å². The summed E-state index contributed by atoms with van der Waals surface area (Å²) in [4.78, 5) is 0. The van der Waals surface area contributed by atoms with Gasteiger partial charge in [0.2, 0.25) is 0 Å². The van der Waals surface area contributed by atoms with Gasteiger partial charge in [0.25, 0.3) is 0 Å². The number of hydrogen-bond acceptors (Lipinski definition) is 9. The summed E-state index contributed by atoms with van der Waals surface area (Å²) in [6.07, 6.45) is 1.17. The molecule has 9 nitrogen and oxygen atoms in total. The van der Waals surface area contributed by atoms with E-state index in [1.807, 2.05) is 13.8 Å². The summed E-state index contributed by atoms with van der Waals surface area (Å²) < 4.78 is 18.6. The summed E-state index contributed by atoms with van der Waals surface area (Å²) in [6.45, 7) is 17.3. The van der Waals surface area contributed by atoms with Gasteiger partial charge in [-0.1, -0.05) is 34.6 Å². The molecule has 0 spiro atoms. The Morgan fingerprint density at radius 3 is 2.09 bits per heavy atom. The van der Waals surface area contributed by atoms with Crippen molar-refractivity contribution in [1.82, 2.24) is 0 Å². The normalized spacial score (nSPS) is 56.4. The van der Waals surface area contributed by atoms with Crippen LogP contribution in [0.2, 0.25) is 0 Å². The lowest BCUT2D eigenvalue weighted by molar-refractivity contribution is -0.321. The molecule has 0 amide bonds. The summed E-state index contributed by atoms with van der Waals surface area (Å²) in [6, 6.07) is 0. The highest BCUT2D eigenvalue weighted by Crippen LogP contribution is 2.76. The standard InChI is InChI=1S/C36H62O9/c1-31(2)23-10-15-35(7)29(33(23,5)13-11-24(31)44-28-27(40)26(39)22(18-37)43-30(28)41)21(38)17-20-19(9-14-34(20,35)6)36(8)16-12-25(45-36)32(3,4)42/h19-30,37-42H,9-18H2,1-8H3/t19-,20+,21+,22+,23-,24-,25+,26+,27-,28+,29+,30+,33-,34+,35+,36-/m0/s1. The molecule has 0 bridgehead atoms. The summed E-state index contributed by atoms with van der Waals surface area (Å²) in [5, 5.41) is 64.5. The number of aliphatic hydroxyl groups is 6. The van der Waals surface area contributed by atoms with Gasteiger partial charge in [0, 0.05) is 0 Å². The SMILES string of the molecule is CC(C)(O)[C@H]1CC[C@@](C)([C@H]2CC[C@]3(C)[C@@H]2C[C@@H](O)[C@@H]2[C@@]4(C)CC[C@H](O[C@@H]5[C@@H](O)[C@H](O)[C@@H](CO)O[C@H]5O)C(C)(C)[C@@H]4CC[C@]23C)O1. The smallest absolute Gasteiger partial charge is 0.184 e. The highest BCUT2D eigenvalue weighted by molar-refractivity contribution is 5.21. The first kappa shape index (κ1) is 34.5. The minimum atomic E-state index is -1.45. The van der Waals surface area contributed by atoms with Crippen molar-refractivity contribution in [1.29, 1.82) is 0 Å². The zero-order valence-electron chi connectivity index (χ0n) is 28.9. The molecule has 0 aromatic rings. The Kier molecular flexibility index (Phi) is 8.49. The van der Waals surface area contributed by atoms with Crippen LogP contribution < -0.4 is 0 Å². The van der Waals surface area contributed by atoms with Gasteiger partial charge >= 0.3 is 0 Å². The van der Waals surface area contributed by atoms with Crippen LogP contribution in [0.5, 0.6) is 0 Å². The lowest BCUT2D eigenvalue weighted by Crippen LogP contribution is -2.68. The van der Waals surface area contributed by atoms with Gasteiger partial charge in [0.05, 0.1) is 36.1 Å². The monoisotopic (exact) mass is 638 g/mol. The second-order valence-electron chi connectivity index (χ2n) is 18.3. The molecule has 2 heterocycles. The molecule has 6 rings (SSSR count). The number of aliphatic hydroxyl groups excluding tert-OH is 5. The second-order valence-corrected chi connectivity index (χ2v) is 18.3. The third-order valence-corrected chi connectivity index (χ3v) is 15.3. The fourth-order valence-electron chi connectivity index (χ4n) is 12.8. The van der Waals surface area contributed by atoms with Crippen molar-refractivity contribution in [2.24, 2.45) is 45.3 Å². The summed E-state index contributed by atoms with van der Waals surface area (Å²) in [5.41, 5.74) is -1.58. The first-order chi connectivity index (χ1) is 20.7. The Morgan fingerprint density at radius 1 is 0.800 bits per heavy atom. The van der Waals surface area contributed by atoms with Crippen molar-refractivity contribution in [3.8, 4) is 0 Å². The topological polar surface area (TPSA) is 149 Å². The Morgan fingerprint density at radius 2 is 1.47 bits per heavy atom. The minimum absolute atomic E-state index is 0.0449. The number of rotatable bonds is 5. The average Bonchev–Trinajstić information content (AvgIpc) is 3.51. The Balaban J connectivity index is 1.24. The van der Waals surface area contributed by atoms with Gasteiger partial charge in [-0.15, -0.1) is 0 Å². The number of ether oxygens (including phenoxy) is 3. The van der Waals surface area contributed by atoms with Gasteiger partial charge in [0.15, 0.2) is 6.29 Å². The van der Waals surface area contributed by atoms with Gasteiger partial charge < -0.3 is 44.8 Å². The lowest BCUT2D eigenvalue weighted by atomic mass is 9.35. The fraction of sp³-hybridized carbons (Fsp3) is 1.00. The Bertz CT molecular complexity index is 1110. The van der Waals surface area contributed by atoms with Crippen LogP contribution in [0.1, 0.15) is 113 Å². The van der Waals surface area contributed by atoms with Crippen molar-refractivity contribution in [3.63, 3.8) is 0 Å². The maximum atomic E-state index is 12.3. The van der Waals surface area contributed by atoms with E-state index in [9.17, 15) is 30.6 Å². The highest BCUT2D eigenvalue weighted by Gasteiger charge is 2.72. The molecular formula is C36H62O9. The van der Waals surface area contributed by atoms with Crippen LogP contribution in [-0.2, 0) is 14.2 Å². The molecule has 45 heavy (non-hydrogen) atoms. The molecule has 0 aromatic carbocycles. The van der Waals surface area contributed by atoms with Crippen LogP contribution in [0, 0.1) is 45.3 Å². The highest BCUT2D eigenvalue weighted by atomic mass is 16.7. The van der Waals surface area contributed by atoms with Crippen LogP contribution in [0.25, 0.3) is 0 Å². The van der Waals surface area contributed by atoms with Crippen LogP contribution in [0.3, 0.4) is 0 Å². The maximum Gasteiger partial charge on any atom is 0.184 e. The molecular weight excluding hydrogens is 576 g/mol. The molecule has 4 aliphatic carbocycles. The van der Waals surface area contributed by atoms with Crippen molar-refractivity contribution in [3.05, 3.63) is 0 Å². The quantitative estimate of drug-likeness (QED) is 0.266. The summed E-state index contributed by atoms with van der Waals surface area (Å²) >= 11 is 0. The van der Waals surface area contributed by atoms with Crippen molar-refractivity contribution >= 4 is 0 Å². The molecule has 0 radical (unpaired) electrons. The van der Waals surface area contributed by atoms with E-state index in [-0.39, 0.29) is 51.3 Å². The van der Waals surface area contributed by atoms with E-state index in [4.69, 9.17) is 14.2 Å². The maximum absolute atomic E-state index is 12.3. The van der Waals surface area contributed by atoms with Crippen LogP contribution in [0.4, 0.5) is 0 Å². The Hall–Kier alpha value is -0.360. The molecule has 16 atom stereocenters. The molecule has 2 aliphatic heterocycles. The third kappa shape index (κ3) is 4.95. The van der Waals surface area contributed by atoms with E-state index in [2.05, 4.69) is 41.5 Å². The number of hydrogen-bond donors (Lipinski definition) is 6. The largest absolute Gasteiger partial charge is 0.394 e. The van der Waals surface area contributed by atoms with Gasteiger partial charge in [-0.3, -0.25) is 0 Å². The molecule has 6 aliphatic rings. The zero-order valence-corrected chi connectivity index (χ0v) is 28.9. The molecule has 4 saturated carbocycles. The molecule has 2 saturated heterocycles. The van der Waals surface area contributed by atoms with Gasteiger partial charge in [-0.05, 0) is 124 Å². The molecule has 9 heteroatoms.